The highest BCUT2D eigenvalue weighted by atomic mass is 35.5. The monoisotopic (exact) mass is 270 g/mol. The first-order chi connectivity index (χ1) is 7.82. The van der Waals surface area contributed by atoms with Crippen molar-refractivity contribution in [3.8, 4) is 0 Å². The van der Waals surface area contributed by atoms with Gasteiger partial charge in [0.05, 0.1) is 6.54 Å². The molecule has 1 amide bonds. The molecule has 0 unspecified atom stereocenters. The summed E-state index contributed by atoms with van der Waals surface area (Å²) in [5.41, 5.74) is 5.70. The maximum Gasteiger partial charge on any atom is 0.238 e. The number of nitrogens with one attached hydrogen (secondary N) is 1. The van der Waals surface area contributed by atoms with Crippen molar-refractivity contribution in [3.05, 3.63) is 28.3 Å². The van der Waals surface area contributed by atoms with Crippen molar-refractivity contribution in [3.63, 3.8) is 0 Å². The van der Waals surface area contributed by atoms with Crippen LogP contribution in [0.1, 0.15) is 22.3 Å². The molecule has 1 aromatic carbocycles. The van der Waals surface area contributed by atoms with E-state index < -0.39 is 0 Å². The van der Waals surface area contributed by atoms with Gasteiger partial charge >= 0.3 is 0 Å². The smallest absolute Gasteiger partial charge is 0.238 e. The van der Waals surface area contributed by atoms with E-state index in [2.05, 4.69) is 25.2 Å². The number of hydrogen-bond donors (Lipinski definition) is 1. The number of hydrogen-bond acceptors (Lipinski definition) is 2. The molecule has 0 aliphatic rings. The quantitative estimate of drug-likeness (QED) is 0.916. The first-order valence-electron chi connectivity index (χ1n) is 5.85. The highest BCUT2D eigenvalue weighted by Crippen LogP contribution is 2.26. The second-order valence-corrected chi connectivity index (χ2v) is 4.92. The van der Waals surface area contributed by atoms with Crippen LogP contribution in [0.15, 0.2) is 6.07 Å². The number of amides is 1. The van der Waals surface area contributed by atoms with Gasteiger partial charge in [0.2, 0.25) is 5.91 Å². The summed E-state index contributed by atoms with van der Waals surface area (Å²) in [5, 5.41) is 3.01. The molecule has 1 rings (SSSR count). The fraction of sp³-hybridized carbons (Fsp3) is 0.500. The number of likely N-dealkylation sites (N-methyl/N-ethyl adjacent to an activating group) is 1. The normalized spacial score (nSPS) is 10.2. The molecule has 3 nitrogen and oxygen atoms in total. The maximum absolute atomic E-state index is 11.8. The summed E-state index contributed by atoms with van der Waals surface area (Å²) in [6, 6.07) is 2.16. The highest BCUT2D eigenvalue weighted by molar-refractivity contribution is 5.94. The summed E-state index contributed by atoms with van der Waals surface area (Å²) in [7, 11) is 3.78. The third kappa shape index (κ3) is 4.00. The lowest BCUT2D eigenvalue weighted by molar-refractivity contribution is -0.116. The minimum atomic E-state index is 0. The Morgan fingerprint density at radius 3 is 1.94 bits per heavy atom. The van der Waals surface area contributed by atoms with E-state index in [1.165, 1.54) is 11.1 Å². The van der Waals surface area contributed by atoms with E-state index >= 15 is 0 Å². The van der Waals surface area contributed by atoms with Crippen LogP contribution in [0.2, 0.25) is 0 Å². The molecule has 0 fully saturated rings. The lowest BCUT2D eigenvalue weighted by atomic mass is 9.98. The van der Waals surface area contributed by atoms with Crippen LogP contribution >= 0.6 is 12.4 Å². The van der Waals surface area contributed by atoms with Crippen LogP contribution in [0, 0.1) is 27.7 Å². The van der Waals surface area contributed by atoms with Gasteiger partial charge in [-0.2, -0.15) is 0 Å². The molecule has 1 aromatic rings. The minimum Gasteiger partial charge on any atom is -0.324 e. The number of carbonyl (C=O) groups excluding carboxylic acids is 1. The van der Waals surface area contributed by atoms with Gasteiger partial charge < -0.3 is 10.2 Å². The SMILES string of the molecule is Cc1cc(C)c(C)c(NC(=O)CN(C)C)c1C.Cl. The molecule has 102 valence electrons. The molecular weight excluding hydrogens is 248 g/mol. The Balaban J connectivity index is 0.00000289. The zero-order valence-corrected chi connectivity index (χ0v) is 12.9. The standard InChI is InChI=1S/C14H22N2O.ClH/c1-9-7-10(2)12(4)14(11(9)3)15-13(17)8-16(5)6;/h7H,8H2,1-6H3,(H,15,17);1H. The molecular formula is C14H23ClN2O. The molecule has 0 radical (unpaired) electrons. The Kier molecular flexibility index (Phi) is 6.36. The second-order valence-electron chi connectivity index (χ2n) is 4.92. The summed E-state index contributed by atoms with van der Waals surface area (Å²) in [6.07, 6.45) is 0. The van der Waals surface area contributed by atoms with Gasteiger partial charge in [-0.1, -0.05) is 6.07 Å². The average molecular weight is 271 g/mol. The summed E-state index contributed by atoms with van der Waals surface area (Å²) >= 11 is 0. The van der Waals surface area contributed by atoms with Gasteiger partial charge in [0, 0.05) is 5.69 Å². The molecule has 0 bridgehead atoms. The van der Waals surface area contributed by atoms with Crippen LogP contribution in [0.5, 0.6) is 0 Å². The maximum atomic E-state index is 11.8. The van der Waals surface area contributed by atoms with Crippen LogP contribution in [0.25, 0.3) is 0 Å². The van der Waals surface area contributed by atoms with Gasteiger partial charge in [-0.05, 0) is 64.0 Å². The summed E-state index contributed by atoms with van der Waals surface area (Å²) < 4.78 is 0. The molecule has 1 N–H and O–H groups in total. The van der Waals surface area contributed by atoms with Gasteiger partial charge in [0.1, 0.15) is 0 Å². The molecule has 0 aromatic heterocycles. The van der Waals surface area contributed by atoms with Crippen molar-refractivity contribution in [2.75, 3.05) is 26.0 Å². The lowest BCUT2D eigenvalue weighted by Gasteiger charge is -2.17. The first-order valence-corrected chi connectivity index (χ1v) is 5.85. The van der Waals surface area contributed by atoms with E-state index in [4.69, 9.17) is 0 Å². The molecule has 0 aliphatic heterocycles. The van der Waals surface area contributed by atoms with Crippen molar-refractivity contribution < 1.29 is 4.79 Å². The van der Waals surface area contributed by atoms with Gasteiger partial charge in [-0.15, -0.1) is 12.4 Å². The molecule has 0 aliphatic carbocycles. The summed E-state index contributed by atoms with van der Waals surface area (Å²) in [6.45, 7) is 8.65. The largest absolute Gasteiger partial charge is 0.324 e. The van der Waals surface area contributed by atoms with Crippen LogP contribution < -0.4 is 5.32 Å². The number of carbonyl (C=O) groups is 1. The Labute approximate surface area is 116 Å². The van der Waals surface area contributed by atoms with Gasteiger partial charge in [-0.25, -0.2) is 0 Å². The van der Waals surface area contributed by atoms with E-state index in [0.717, 1.165) is 16.8 Å². The lowest BCUT2D eigenvalue weighted by Crippen LogP contribution is -2.27. The fourth-order valence-corrected chi connectivity index (χ4v) is 1.87. The van der Waals surface area contributed by atoms with Crippen molar-refractivity contribution in [1.82, 2.24) is 4.90 Å². The Bertz CT molecular complexity index is 416. The van der Waals surface area contributed by atoms with Gasteiger partial charge in [-0.3, -0.25) is 4.79 Å². The molecule has 0 atom stereocenters. The Hall–Kier alpha value is -1.06. The van der Waals surface area contributed by atoms with Crippen molar-refractivity contribution in [2.45, 2.75) is 27.7 Å². The average Bonchev–Trinajstić information content (AvgIpc) is 2.20. The topological polar surface area (TPSA) is 32.3 Å². The van der Waals surface area contributed by atoms with Crippen molar-refractivity contribution in [1.29, 1.82) is 0 Å². The number of benzene rings is 1. The van der Waals surface area contributed by atoms with E-state index in [1.54, 1.807) is 0 Å². The Morgan fingerprint density at radius 2 is 1.56 bits per heavy atom. The summed E-state index contributed by atoms with van der Waals surface area (Å²) in [5.74, 6) is 0.0335. The number of anilines is 1. The van der Waals surface area contributed by atoms with Crippen LogP contribution in [0.3, 0.4) is 0 Å². The summed E-state index contributed by atoms with van der Waals surface area (Å²) in [4.78, 5) is 13.7. The zero-order valence-electron chi connectivity index (χ0n) is 12.0. The molecule has 0 saturated carbocycles. The first kappa shape index (κ1) is 16.9. The van der Waals surface area contributed by atoms with Gasteiger partial charge in [0.15, 0.2) is 0 Å². The molecule has 0 heterocycles. The Morgan fingerprint density at radius 1 is 1.11 bits per heavy atom. The third-order valence-electron chi connectivity index (χ3n) is 3.09. The predicted molar refractivity (Wildman–Crippen MR) is 79.8 cm³/mol. The van der Waals surface area contributed by atoms with Gasteiger partial charge in [0.25, 0.3) is 0 Å². The minimum absolute atomic E-state index is 0. The van der Waals surface area contributed by atoms with E-state index in [1.807, 2.05) is 32.8 Å². The van der Waals surface area contributed by atoms with Crippen molar-refractivity contribution >= 4 is 24.0 Å². The fourth-order valence-electron chi connectivity index (χ4n) is 1.87. The molecule has 4 heteroatoms. The van der Waals surface area contributed by atoms with Crippen LogP contribution in [-0.2, 0) is 4.79 Å². The van der Waals surface area contributed by atoms with E-state index in [9.17, 15) is 4.79 Å². The number of nitrogens with zero attached hydrogens (tertiary/aromatic N) is 1. The van der Waals surface area contributed by atoms with Crippen molar-refractivity contribution in [2.24, 2.45) is 0 Å². The van der Waals surface area contributed by atoms with Crippen LogP contribution in [-0.4, -0.2) is 31.4 Å². The molecule has 18 heavy (non-hydrogen) atoms. The van der Waals surface area contributed by atoms with Crippen LogP contribution in [0.4, 0.5) is 5.69 Å². The zero-order chi connectivity index (χ0) is 13.2. The third-order valence-corrected chi connectivity index (χ3v) is 3.09. The predicted octanol–water partition coefficient (Wildman–Crippen LogP) is 2.84. The van der Waals surface area contributed by atoms with E-state index in [-0.39, 0.29) is 18.3 Å². The highest BCUT2D eigenvalue weighted by Gasteiger charge is 2.11. The molecule has 0 saturated heterocycles. The second kappa shape index (κ2) is 6.76. The van der Waals surface area contributed by atoms with E-state index in [0.29, 0.717) is 6.54 Å². The number of halogens is 1. The number of aryl methyl sites for hydroxylation is 2. The molecule has 0 spiro atoms. The number of rotatable bonds is 3.